The van der Waals surface area contributed by atoms with E-state index in [9.17, 15) is 0 Å². The largest absolute Gasteiger partial charge is 0.301 e. The van der Waals surface area contributed by atoms with Gasteiger partial charge in [0.15, 0.2) is 5.65 Å². The standard InChI is InChI=1S/C6H9N5/c1-9(2)11-6-3-7-4-10(6)5-8-11/h3-5H,1-2H3. The molecule has 0 fully saturated rings. The van der Waals surface area contributed by atoms with E-state index in [2.05, 4.69) is 10.1 Å². The van der Waals surface area contributed by atoms with Crippen LogP contribution in [0.25, 0.3) is 5.65 Å². The maximum atomic E-state index is 4.12. The van der Waals surface area contributed by atoms with Gasteiger partial charge in [0.1, 0.15) is 12.7 Å². The molecule has 0 aliphatic carbocycles. The average molecular weight is 151 g/mol. The highest BCUT2D eigenvalue weighted by atomic mass is 15.7. The molecular formula is C6H9N5. The molecule has 0 radical (unpaired) electrons. The Hall–Kier alpha value is -1.52. The first-order valence-electron chi connectivity index (χ1n) is 3.32. The van der Waals surface area contributed by atoms with Crippen molar-refractivity contribution in [3.05, 3.63) is 18.9 Å². The van der Waals surface area contributed by atoms with Crippen LogP contribution >= 0.6 is 0 Å². The molecule has 2 heterocycles. The number of nitrogens with zero attached hydrogens (tertiary/aromatic N) is 5. The molecule has 2 aromatic heterocycles. The Labute approximate surface area is 63.8 Å². The zero-order valence-corrected chi connectivity index (χ0v) is 6.47. The van der Waals surface area contributed by atoms with Crippen LogP contribution in [0.1, 0.15) is 0 Å². The van der Waals surface area contributed by atoms with E-state index in [4.69, 9.17) is 0 Å². The molecule has 0 saturated carbocycles. The smallest absolute Gasteiger partial charge is 0.177 e. The predicted molar refractivity (Wildman–Crippen MR) is 41.0 cm³/mol. The van der Waals surface area contributed by atoms with Crippen molar-refractivity contribution < 1.29 is 0 Å². The summed E-state index contributed by atoms with van der Waals surface area (Å²) in [6, 6.07) is 0. The van der Waals surface area contributed by atoms with Crippen LogP contribution in [0.5, 0.6) is 0 Å². The molecule has 5 nitrogen and oxygen atoms in total. The fraction of sp³-hybridized carbons (Fsp3) is 0.333. The second-order valence-electron chi connectivity index (χ2n) is 2.53. The van der Waals surface area contributed by atoms with Crippen LogP contribution in [-0.2, 0) is 0 Å². The predicted octanol–water partition coefficient (Wildman–Crippen LogP) is -0.272. The molecule has 0 atom stereocenters. The van der Waals surface area contributed by atoms with E-state index >= 15 is 0 Å². The Kier molecular flexibility index (Phi) is 1.12. The van der Waals surface area contributed by atoms with E-state index in [-0.39, 0.29) is 0 Å². The van der Waals surface area contributed by atoms with Crippen molar-refractivity contribution in [1.29, 1.82) is 0 Å². The highest BCUT2D eigenvalue weighted by Crippen LogP contribution is 1.98. The van der Waals surface area contributed by atoms with Crippen molar-refractivity contribution in [2.45, 2.75) is 0 Å². The third kappa shape index (κ3) is 0.772. The van der Waals surface area contributed by atoms with Crippen LogP contribution in [0.15, 0.2) is 18.9 Å². The minimum absolute atomic E-state index is 0.968. The van der Waals surface area contributed by atoms with Gasteiger partial charge in [-0.15, -0.1) is 5.10 Å². The lowest BCUT2D eigenvalue weighted by molar-refractivity contribution is 0.660. The lowest BCUT2D eigenvalue weighted by Crippen LogP contribution is -2.25. The molecule has 2 rings (SSSR count). The Morgan fingerprint density at radius 2 is 2.18 bits per heavy atom. The van der Waals surface area contributed by atoms with Crippen LogP contribution < -0.4 is 5.01 Å². The molecule has 5 heteroatoms. The van der Waals surface area contributed by atoms with E-state index in [1.54, 1.807) is 23.6 Å². The quantitative estimate of drug-likeness (QED) is 0.563. The fourth-order valence-electron chi connectivity index (χ4n) is 1.01. The van der Waals surface area contributed by atoms with E-state index in [1.165, 1.54) is 0 Å². The molecule has 0 N–H and O–H groups in total. The number of hydrogen-bond acceptors (Lipinski definition) is 3. The highest BCUT2D eigenvalue weighted by molar-refractivity contribution is 5.35. The summed E-state index contributed by atoms with van der Waals surface area (Å²) >= 11 is 0. The second-order valence-corrected chi connectivity index (χ2v) is 2.53. The minimum atomic E-state index is 0.968. The number of rotatable bonds is 1. The van der Waals surface area contributed by atoms with Crippen LogP contribution in [0.4, 0.5) is 0 Å². The lowest BCUT2D eigenvalue weighted by Gasteiger charge is -2.10. The van der Waals surface area contributed by atoms with Gasteiger partial charge in [-0.2, -0.15) is 4.79 Å². The summed E-state index contributed by atoms with van der Waals surface area (Å²) in [5, 5.41) is 6.01. The maximum Gasteiger partial charge on any atom is 0.177 e. The van der Waals surface area contributed by atoms with Gasteiger partial charge in [-0.1, -0.05) is 0 Å². The summed E-state index contributed by atoms with van der Waals surface area (Å²) in [6.07, 6.45) is 5.22. The Morgan fingerprint density at radius 3 is 2.91 bits per heavy atom. The van der Waals surface area contributed by atoms with Crippen molar-refractivity contribution >= 4 is 5.65 Å². The van der Waals surface area contributed by atoms with Gasteiger partial charge >= 0.3 is 0 Å². The van der Waals surface area contributed by atoms with Crippen molar-refractivity contribution in [2.24, 2.45) is 0 Å². The third-order valence-corrected chi connectivity index (χ3v) is 1.51. The van der Waals surface area contributed by atoms with E-state index in [0.29, 0.717) is 0 Å². The molecular weight excluding hydrogens is 142 g/mol. The number of imidazole rings is 1. The molecule has 11 heavy (non-hydrogen) atoms. The first-order chi connectivity index (χ1) is 5.29. The average Bonchev–Trinajstić information content (AvgIpc) is 2.41. The monoisotopic (exact) mass is 151 g/mol. The number of aromatic nitrogens is 4. The zero-order chi connectivity index (χ0) is 7.84. The van der Waals surface area contributed by atoms with Crippen molar-refractivity contribution in [3.63, 3.8) is 0 Å². The second kappa shape index (κ2) is 1.98. The summed E-state index contributed by atoms with van der Waals surface area (Å²) in [5.74, 6) is 0. The number of hydrogen-bond donors (Lipinski definition) is 0. The highest BCUT2D eigenvalue weighted by Gasteiger charge is 2.01. The summed E-state index contributed by atoms with van der Waals surface area (Å²) in [6.45, 7) is 0. The Bertz CT molecular complexity index is 358. The van der Waals surface area contributed by atoms with E-state index in [1.807, 2.05) is 23.5 Å². The van der Waals surface area contributed by atoms with Gasteiger partial charge in [0.2, 0.25) is 0 Å². The summed E-state index contributed by atoms with van der Waals surface area (Å²) in [7, 11) is 3.86. The lowest BCUT2D eigenvalue weighted by atomic mass is 10.8. The van der Waals surface area contributed by atoms with Crippen LogP contribution in [0.2, 0.25) is 0 Å². The molecule has 0 spiro atoms. The molecule has 0 bridgehead atoms. The third-order valence-electron chi connectivity index (χ3n) is 1.51. The topological polar surface area (TPSA) is 38.4 Å². The molecule has 0 unspecified atom stereocenters. The Morgan fingerprint density at radius 1 is 1.36 bits per heavy atom. The van der Waals surface area contributed by atoms with Gasteiger partial charge in [-0.25, -0.2) is 4.98 Å². The molecule has 58 valence electrons. The Balaban J connectivity index is 2.68. The van der Waals surface area contributed by atoms with Gasteiger partial charge < -0.3 is 5.01 Å². The molecule has 2 aromatic rings. The van der Waals surface area contributed by atoms with E-state index < -0.39 is 0 Å². The van der Waals surface area contributed by atoms with Gasteiger partial charge in [0.05, 0.1) is 6.20 Å². The normalized spacial score (nSPS) is 10.7. The van der Waals surface area contributed by atoms with E-state index in [0.717, 1.165) is 5.65 Å². The zero-order valence-electron chi connectivity index (χ0n) is 6.47. The van der Waals surface area contributed by atoms with Crippen LogP contribution in [0.3, 0.4) is 0 Å². The van der Waals surface area contributed by atoms with Crippen LogP contribution in [0, 0.1) is 0 Å². The summed E-state index contributed by atoms with van der Waals surface area (Å²) in [4.78, 5) is 5.75. The summed E-state index contributed by atoms with van der Waals surface area (Å²) in [5.41, 5.74) is 0.968. The fourth-order valence-corrected chi connectivity index (χ4v) is 1.01. The first-order valence-corrected chi connectivity index (χ1v) is 3.32. The maximum absolute atomic E-state index is 4.12. The first kappa shape index (κ1) is 6.21. The van der Waals surface area contributed by atoms with Gasteiger partial charge in [0, 0.05) is 14.1 Å². The molecule has 0 saturated heterocycles. The molecule has 0 aromatic carbocycles. The molecule has 0 aliphatic rings. The van der Waals surface area contributed by atoms with Crippen molar-refractivity contribution in [2.75, 3.05) is 19.1 Å². The SMILES string of the molecule is CN(C)n1ncn2cncc12. The van der Waals surface area contributed by atoms with Gasteiger partial charge in [-0.3, -0.25) is 4.40 Å². The molecule has 0 amide bonds. The van der Waals surface area contributed by atoms with Crippen LogP contribution in [-0.4, -0.2) is 33.4 Å². The number of fused-ring (bicyclic) bond motifs is 1. The van der Waals surface area contributed by atoms with Crippen molar-refractivity contribution in [3.8, 4) is 0 Å². The molecule has 0 aliphatic heterocycles. The summed E-state index contributed by atoms with van der Waals surface area (Å²) < 4.78 is 1.86. The van der Waals surface area contributed by atoms with Gasteiger partial charge in [-0.05, 0) is 0 Å². The van der Waals surface area contributed by atoms with Gasteiger partial charge in [0.25, 0.3) is 0 Å². The minimum Gasteiger partial charge on any atom is -0.301 e. The van der Waals surface area contributed by atoms with Crippen molar-refractivity contribution in [1.82, 2.24) is 19.3 Å².